The van der Waals surface area contributed by atoms with Gasteiger partial charge in [-0.25, -0.2) is 13.6 Å². The molecule has 0 saturated heterocycles. The lowest BCUT2D eigenvalue weighted by molar-refractivity contribution is 0.172. The molecule has 0 radical (unpaired) electrons. The molecule has 0 heterocycles. The van der Waals surface area contributed by atoms with Crippen LogP contribution in [0.4, 0.5) is 13.6 Å². The van der Waals surface area contributed by atoms with Gasteiger partial charge in [0.25, 0.3) is 0 Å². The number of hydrogen-bond donors (Lipinski definition) is 0. The van der Waals surface area contributed by atoms with Crippen molar-refractivity contribution in [1.82, 2.24) is 4.90 Å². The Hall–Kier alpha value is -2.17. The second-order valence-corrected chi connectivity index (χ2v) is 4.01. The molecule has 1 amide bonds. The van der Waals surface area contributed by atoms with Crippen molar-refractivity contribution >= 4 is 16.9 Å². The minimum Gasteiger partial charge on any atom is -0.410 e. The summed E-state index contributed by atoms with van der Waals surface area (Å²) < 4.78 is 31.5. The van der Waals surface area contributed by atoms with Crippen molar-refractivity contribution in [2.45, 2.75) is 0 Å². The van der Waals surface area contributed by atoms with Gasteiger partial charge in [-0.15, -0.1) is 0 Å². The molecule has 18 heavy (non-hydrogen) atoms. The smallest absolute Gasteiger partial charge is 0.410 e. The maximum absolute atomic E-state index is 13.4. The third-order valence-electron chi connectivity index (χ3n) is 2.45. The Balaban J connectivity index is 2.40. The molecule has 0 spiro atoms. The van der Waals surface area contributed by atoms with Gasteiger partial charge in [0.2, 0.25) is 0 Å². The van der Waals surface area contributed by atoms with E-state index in [0.29, 0.717) is 5.39 Å². The Morgan fingerprint density at radius 2 is 1.89 bits per heavy atom. The van der Waals surface area contributed by atoms with Crippen LogP contribution in [-0.2, 0) is 0 Å². The number of carbonyl (C=O) groups is 1. The maximum Gasteiger partial charge on any atom is 0.414 e. The fraction of sp³-hybridized carbons (Fsp3) is 0.154. The van der Waals surface area contributed by atoms with Gasteiger partial charge in [-0.3, -0.25) is 0 Å². The molecule has 3 nitrogen and oxygen atoms in total. The zero-order valence-corrected chi connectivity index (χ0v) is 9.91. The third kappa shape index (κ3) is 2.25. The molecular weight excluding hydrogens is 240 g/mol. The summed E-state index contributed by atoms with van der Waals surface area (Å²) in [6, 6.07) is 6.76. The van der Waals surface area contributed by atoms with Gasteiger partial charge in [0.05, 0.1) is 0 Å². The van der Waals surface area contributed by atoms with Crippen LogP contribution >= 0.6 is 0 Å². The summed E-state index contributed by atoms with van der Waals surface area (Å²) in [5.74, 6) is -1.52. The SMILES string of the molecule is CN(C)C(=O)Oc1ccc2c(F)c(F)ccc2c1. The zero-order chi connectivity index (χ0) is 13.3. The van der Waals surface area contributed by atoms with E-state index in [9.17, 15) is 13.6 Å². The van der Waals surface area contributed by atoms with Crippen LogP contribution in [0.2, 0.25) is 0 Å². The van der Waals surface area contributed by atoms with Crippen molar-refractivity contribution < 1.29 is 18.3 Å². The molecule has 0 atom stereocenters. The monoisotopic (exact) mass is 251 g/mol. The molecule has 2 aromatic carbocycles. The molecule has 0 fully saturated rings. The standard InChI is InChI=1S/C13H11F2NO2/c1-16(2)13(17)18-9-4-5-10-8(7-9)3-6-11(14)12(10)15/h3-7H,1-2H3. The number of hydrogen-bond acceptors (Lipinski definition) is 2. The molecular formula is C13H11F2NO2. The summed E-state index contributed by atoms with van der Waals surface area (Å²) in [6.45, 7) is 0. The molecule has 2 aromatic rings. The van der Waals surface area contributed by atoms with Gasteiger partial charge in [-0.1, -0.05) is 6.07 Å². The Labute approximate surface area is 103 Å². The number of rotatable bonds is 1. The quantitative estimate of drug-likeness (QED) is 0.779. The highest BCUT2D eigenvalue weighted by Gasteiger charge is 2.10. The third-order valence-corrected chi connectivity index (χ3v) is 2.45. The van der Waals surface area contributed by atoms with E-state index in [1.165, 1.54) is 29.2 Å². The lowest BCUT2D eigenvalue weighted by Crippen LogP contribution is -2.25. The highest BCUT2D eigenvalue weighted by molar-refractivity contribution is 5.85. The molecule has 0 N–H and O–H groups in total. The summed E-state index contributed by atoms with van der Waals surface area (Å²) in [5.41, 5.74) is 0. The first-order valence-corrected chi connectivity index (χ1v) is 5.26. The van der Waals surface area contributed by atoms with Crippen LogP contribution in [0.25, 0.3) is 10.8 Å². The summed E-state index contributed by atoms with van der Waals surface area (Å²) in [4.78, 5) is 12.6. The van der Waals surface area contributed by atoms with Crippen LogP contribution in [0.1, 0.15) is 0 Å². The number of halogens is 2. The van der Waals surface area contributed by atoms with Crippen molar-refractivity contribution in [2.24, 2.45) is 0 Å². The largest absolute Gasteiger partial charge is 0.414 e. The van der Waals surface area contributed by atoms with Crippen LogP contribution in [0.3, 0.4) is 0 Å². The first kappa shape index (κ1) is 12.3. The van der Waals surface area contributed by atoms with Gasteiger partial charge < -0.3 is 9.64 Å². The number of carbonyl (C=O) groups excluding carboxylic acids is 1. The van der Waals surface area contributed by atoms with E-state index in [-0.39, 0.29) is 11.1 Å². The van der Waals surface area contributed by atoms with E-state index >= 15 is 0 Å². The highest BCUT2D eigenvalue weighted by atomic mass is 19.2. The van der Waals surface area contributed by atoms with Crippen molar-refractivity contribution in [1.29, 1.82) is 0 Å². The second kappa shape index (κ2) is 4.60. The summed E-state index contributed by atoms with van der Waals surface area (Å²) in [6.07, 6.45) is -0.531. The molecule has 2 rings (SSSR count). The van der Waals surface area contributed by atoms with Crippen LogP contribution in [0.15, 0.2) is 30.3 Å². The number of nitrogens with zero attached hydrogens (tertiary/aromatic N) is 1. The minimum atomic E-state index is -0.905. The molecule has 94 valence electrons. The molecule has 0 bridgehead atoms. The van der Waals surface area contributed by atoms with Crippen LogP contribution < -0.4 is 4.74 Å². The van der Waals surface area contributed by atoms with E-state index in [1.807, 2.05) is 0 Å². The van der Waals surface area contributed by atoms with Gasteiger partial charge in [0, 0.05) is 19.5 Å². The normalized spacial score (nSPS) is 10.4. The molecule has 0 aliphatic heterocycles. The molecule has 0 aliphatic rings. The van der Waals surface area contributed by atoms with Gasteiger partial charge in [0.15, 0.2) is 11.6 Å². The molecule has 0 aliphatic carbocycles. The van der Waals surface area contributed by atoms with Crippen LogP contribution in [-0.4, -0.2) is 25.1 Å². The van der Waals surface area contributed by atoms with E-state index in [2.05, 4.69) is 0 Å². The zero-order valence-electron chi connectivity index (χ0n) is 9.91. The average Bonchev–Trinajstić information content (AvgIpc) is 2.34. The first-order valence-electron chi connectivity index (χ1n) is 5.26. The van der Waals surface area contributed by atoms with Gasteiger partial charge in [-0.2, -0.15) is 0 Å². The lowest BCUT2D eigenvalue weighted by Gasteiger charge is -2.11. The average molecular weight is 251 g/mol. The van der Waals surface area contributed by atoms with Crippen molar-refractivity contribution in [3.05, 3.63) is 42.0 Å². The van der Waals surface area contributed by atoms with Gasteiger partial charge in [0.1, 0.15) is 5.75 Å². The minimum absolute atomic E-state index is 0.152. The Bertz CT molecular complexity index is 611. The fourth-order valence-electron chi connectivity index (χ4n) is 1.50. The second-order valence-electron chi connectivity index (χ2n) is 4.01. The molecule has 0 saturated carbocycles. The topological polar surface area (TPSA) is 29.5 Å². The van der Waals surface area contributed by atoms with E-state index in [0.717, 1.165) is 6.07 Å². The molecule has 0 aromatic heterocycles. The summed E-state index contributed by atoms with van der Waals surface area (Å²) in [5, 5.41) is 0.623. The lowest BCUT2D eigenvalue weighted by atomic mass is 10.1. The molecule has 0 unspecified atom stereocenters. The number of fused-ring (bicyclic) bond motifs is 1. The Kier molecular flexibility index (Phi) is 3.14. The van der Waals surface area contributed by atoms with Crippen molar-refractivity contribution in [3.8, 4) is 5.75 Å². The van der Waals surface area contributed by atoms with Crippen LogP contribution in [0, 0.1) is 11.6 Å². The fourth-order valence-corrected chi connectivity index (χ4v) is 1.50. The number of ether oxygens (including phenoxy) is 1. The first-order chi connectivity index (χ1) is 8.49. The maximum atomic E-state index is 13.4. The predicted octanol–water partition coefficient (Wildman–Crippen LogP) is 3.18. The Morgan fingerprint density at radius 3 is 2.56 bits per heavy atom. The number of benzene rings is 2. The predicted molar refractivity (Wildman–Crippen MR) is 63.6 cm³/mol. The summed E-state index contributed by atoms with van der Waals surface area (Å²) in [7, 11) is 3.11. The van der Waals surface area contributed by atoms with Gasteiger partial charge in [-0.05, 0) is 29.7 Å². The summed E-state index contributed by atoms with van der Waals surface area (Å²) >= 11 is 0. The van der Waals surface area contributed by atoms with Crippen molar-refractivity contribution in [3.63, 3.8) is 0 Å². The van der Waals surface area contributed by atoms with Crippen LogP contribution in [0.5, 0.6) is 5.75 Å². The molecule has 5 heteroatoms. The van der Waals surface area contributed by atoms with E-state index in [4.69, 9.17) is 4.74 Å². The number of amides is 1. The van der Waals surface area contributed by atoms with E-state index in [1.54, 1.807) is 14.1 Å². The highest BCUT2D eigenvalue weighted by Crippen LogP contribution is 2.24. The van der Waals surface area contributed by atoms with E-state index < -0.39 is 17.7 Å². The Morgan fingerprint density at radius 1 is 1.17 bits per heavy atom. The van der Waals surface area contributed by atoms with Gasteiger partial charge >= 0.3 is 6.09 Å². The van der Waals surface area contributed by atoms with Crippen molar-refractivity contribution in [2.75, 3.05) is 14.1 Å².